The van der Waals surface area contributed by atoms with E-state index in [4.69, 9.17) is 4.74 Å². The van der Waals surface area contributed by atoms with Crippen LogP contribution < -0.4 is 0 Å². The van der Waals surface area contributed by atoms with Gasteiger partial charge in [0, 0.05) is 13.1 Å². The fourth-order valence-corrected chi connectivity index (χ4v) is 7.20. The van der Waals surface area contributed by atoms with Crippen LogP contribution in [0.5, 0.6) is 0 Å². The van der Waals surface area contributed by atoms with Crippen molar-refractivity contribution in [2.75, 3.05) is 6.61 Å². The molecule has 0 bridgehead atoms. The zero-order valence-corrected chi connectivity index (χ0v) is 25.1. The summed E-state index contributed by atoms with van der Waals surface area (Å²) in [6, 6.07) is 29.3. The number of hydrogen-bond acceptors (Lipinski definition) is 4. The number of fused-ring (bicyclic) bond motifs is 2. The number of hydrogen-bond donors (Lipinski definition) is 0. The van der Waals surface area contributed by atoms with Crippen molar-refractivity contribution in [1.82, 2.24) is 4.31 Å². The minimum atomic E-state index is -3.76. The molecule has 0 atom stereocenters. The number of aryl methyl sites for hydroxylation is 3. The molecule has 0 unspecified atom stereocenters. The van der Waals surface area contributed by atoms with Crippen LogP contribution in [0.3, 0.4) is 0 Å². The average Bonchev–Trinajstić information content (AvgIpc) is 3.43. The Bertz CT molecular complexity index is 1930. The third-order valence-electron chi connectivity index (χ3n) is 8.05. The van der Waals surface area contributed by atoms with Crippen LogP contribution in [0.1, 0.15) is 45.1 Å². The van der Waals surface area contributed by atoms with E-state index in [9.17, 15) is 13.2 Å². The van der Waals surface area contributed by atoms with Gasteiger partial charge < -0.3 is 4.74 Å². The van der Waals surface area contributed by atoms with Crippen LogP contribution in [0.15, 0.2) is 95.9 Å². The lowest BCUT2D eigenvalue weighted by atomic mass is 9.84. The number of esters is 1. The molecule has 0 saturated heterocycles. The van der Waals surface area contributed by atoms with Gasteiger partial charge in [0.15, 0.2) is 0 Å². The van der Waals surface area contributed by atoms with Gasteiger partial charge in [0.2, 0.25) is 10.0 Å². The van der Waals surface area contributed by atoms with Crippen molar-refractivity contribution >= 4 is 26.8 Å². The fourth-order valence-electron chi connectivity index (χ4n) is 5.82. The van der Waals surface area contributed by atoms with Crippen molar-refractivity contribution < 1.29 is 17.9 Å². The molecule has 1 aliphatic rings. The Labute approximate surface area is 247 Å². The molecule has 212 valence electrons. The van der Waals surface area contributed by atoms with Crippen LogP contribution in [-0.4, -0.2) is 25.3 Å². The Balaban J connectivity index is 1.65. The van der Waals surface area contributed by atoms with Crippen molar-refractivity contribution in [3.63, 3.8) is 0 Å². The molecule has 5 aromatic carbocycles. The monoisotopic (exact) mass is 575 g/mol. The fraction of sp³-hybridized carbons (Fsp3) is 0.194. The van der Waals surface area contributed by atoms with Crippen LogP contribution in [-0.2, 0) is 27.8 Å². The molecule has 0 radical (unpaired) electrons. The van der Waals surface area contributed by atoms with E-state index >= 15 is 0 Å². The molecule has 0 N–H and O–H groups in total. The van der Waals surface area contributed by atoms with Gasteiger partial charge in [0.25, 0.3) is 0 Å². The van der Waals surface area contributed by atoms with Gasteiger partial charge in [-0.2, -0.15) is 4.31 Å². The first-order chi connectivity index (χ1) is 20.2. The van der Waals surface area contributed by atoms with Crippen LogP contribution in [0.25, 0.3) is 33.0 Å². The summed E-state index contributed by atoms with van der Waals surface area (Å²) in [6.45, 7) is 8.60. The number of benzene rings is 5. The number of carbonyl (C=O) groups excluding carboxylic acids is 1. The van der Waals surface area contributed by atoms with Gasteiger partial charge in [-0.25, -0.2) is 13.2 Å². The summed E-state index contributed by atoms with van der Waals surface area (Å²) in [6.07, 6.45) is 0. The molecule has 1 aliphatic heterocycles. The zero-order valence-electron chi connectivity index (χ0n) is 24.3. The highest BCUT2D eigenvalue weighted by Gasteiger charge is 2.35. The second-order valence-electron chi connectivity index (χ2n) is 11.0. The summed E-state index contributed by atoms with van der Waals surface area (Å²) < 4.78 is 34.9. The van der Waals surface area contributed by atoms with E-state index in [1.807, 2.05) is 45.0 Å². The molecule has 5 nitrogen and oxygen atoms in total. The summed E-state index contributed by atoms with van der Waals surface area (Å²) in [4.78, 5) is 13.1. The number of sulfonamides is 1. The van der Waals surface area contributed by atoms with E-state index in [1.165, 1.54) is 0 Å². The summed E-state index contributed by atoms with van der Waals surface area (Å²) in [7, 11) is -3.76. The van der Waals surface area contributed by atoms with Gasteiger partial charge in [-0.15, -0.1) is 0 Å². The molecule has 1 heterocycles. The average molecular weight is 576 g/mol. The SMILES string of the molecule is CCOC(=O)c1ccc2c(-c3ccc(C)cc3)c3c(c(-c4ccc(C)cc4)c2c1)CN(S(=O)(=O)c1ccc(C)cc1)C3. The van der Waals surface area contributed by atoms with E-state index in [0.29, 0.717) is 5.56 Å². The summed E-state index contributed by atoms with van der Waals surface area (Å²) in [5.74, 6) is -0.379. The second-order valence-corrected chi connectivity index (χ2v) is 12.9. The molecule has 5 aromatic rings. The molecule has 6 rings (SSSR count). The summed E-state index contributed by atoms with van der Waals surface area (Å²) in [5, 5.41) is 1.86. The van der Waals surface area contributed by atoms with Crippen molar-refractivity contribution in [1.29, 1.82) is 0 Å². The first kappa shape index (κ1) is 27.9. The Morgan fingerprint density at radius 2 is 1.17 bits per heavy atom. The van der Waals surface area contributed by atoms with Crippen LogP contribution >= 0.6 is 0 Å². The standard InChI is InChI=1S/C36H33NO4S/c1-5-41-36(38)28-16-19-30-31(20-28)35(27-14-8-24(3)9-15-27)33-22-37(42(39,40)29-17-10-25(4)11-18-29)21-32(33)34(30)26-12-6-23(2)7-13-26/h6-20H,5,21-22H2,1-4H3. The maximum atomic E-state index is 14.0. The molecule has 0 aromatic heterocycles. The lowest BCUT2D eigenvalue weighted by molar-refractivity contribution is 0.0526. The number of ether oxygens (including phenoxy) is 1. The van der Waals surface area contributed by atoms with Gasteiger partial charge in [0.05, 0.1) is 17.1 Å². The van der Waals surface area contributed by atoms with Crippen molar-refractivity contribution in [2.24, 2.45) is 0 Å². The first-order valence-corrected chi connectivity index (χ1v) is 15.6. The molecular weight excluding hydrogens is 542 g/mol. The minimum absolute atomic E-state index is 0.229. The number of nitrogens with zero attached hydrogens (tertiary/aromatic N) is 1. The molecule has 0 saturated carbocycles. The highest BCUT2D eigenvalue weighted by atomic mass is 32.2. The maximum absolute atomic E-state index is 14.0. The zero-order chi connectivity index (χ0) is 29.6. The molecule has 0 fully saturated rings. The van der Waals surface area contributed by atoms with E-state index < -0.39 is 10.0 Å². The lowest BCUT2D eigenvalue weighted by Crippen LogP contribution is -2.25. The molecule has 0 spiro atoms. The second kappa shape index (κ2) is 10.9. The maximum Gasteiger partial charge on any atom is 0.338 e. The normalized spacial score (nSPS) is 13.3. The third kappa shape index (κ3) is 4.91. The van der Waals surface area contributed by atoms with Crippen LogP contribution in [0.4, 0.5) is 0 Å². The Hall–Kier alpha value is -4.26. The minimum Gasteiger partial charge on any atom is -0.462 e. The number of rotatable bonds is 6. The predicted molar refractivity (Wildman–Crippen MR) is 168 cm³/mol. The van der Waals surface area contributed by atoms with Crippen molar-refractivity contribution in [3.05, 3.63) is 124 Å². The Morgan fingerprint density at radius 3 is 1.67 bits per heavy atom. The van der Waals surface area contributed by atoms with Crippen LogP contribution in [0.2, 0.25) is 0 Å². The van der Waals surface area contributed by atoms with Crippen LogP contribution in [0, 0.1) is 20.8 Å². The molecule has 42 heavy (non-hydrogen) atoms. The first-order valence-electron chi connectivity index (χ1n) is 14.2. The number of carbonyl (C=O) groups is 1. The molecule has 0 amide bonds. The molecule has 6 heteroatoms. The molecular formula is C36H33NO4S. The largest absolute Gasteiger partial charge is 0.462 e. The van der Waals surface area contributed by atoms with Gasteiger partial charge in [-0.1, -0.05) is 83.4 Å². The highest BCUT2D eigenvalue weighted by molar-refractivity contribution is 7.89. The molecule has 0 aliphatic carbocycles. The summed E-state index contributed by atoms with van der Waals surface area (Å²) >= 11 is 0. The van der Waals surface area contributed by atoms with Gasteiger partial charge in [-0.05, 0) is 96.1 Å². The van der Waals surface area contributed by atoms with Gasteiger partial charge in [0.1, 0.15) is 0 Å². The predicted octanol–water partition coefficient (Wildman–Crippen LogP) is 7.98. The van der Waals surface area contributed by atoms with E-state index in [1.54, 1.807) is 29.4 Å². The smallest absolute Gasteiger partial charge is 0.338 e. The van der Waals surface area contributed by atoms with E-state index in [0.717, 1.165) is 60.8 Å². The van der Waals surface area contributed by atoms with Gasteiger partial charge >= 0.3 is 5.97 Å². The quantitative estimate of drug-likeness (QED) is 0.193. The van der Waals surface area contributed by atoms with Crippen molar-refractivity contribution in [2.45, 2.75) is 45.7 Å². The Kier molecular flexibility index (Phi) is 7.21. The summed E-state index contributed by atoms with van der Waals surface area (Å²) in [5.41, 5.74) is 9.62. The topological polar surface area (TPSA) is 63.7 Å². The lowest BCUT2D eigenvalue weighted by Gasteiger charge is -2.19. The Morgan fingerprint density at radius 1 is 0.690 bits per heavy atom. The third-order valence-corrected chi connectivity index (χ3v) is 9.85. The van der Waals surface area contributed by atoms with E-state index in [-0.39, 0.29) is 30.6 Å². The van der Waals surface area contributed by atoms with Gasteiger partial charge in [-0.3, -0.25) is 0 Å². The van der Waals surface area contributed by atoms with Crippen molar-refractivity contribution in [3.8, 4) is 22.3 Å². The highest BCUT2D eigenvalue weighted by Crippen LogP contribution is 2.47. The van der Waals surface area contributed by atoms with E-state index in [2.05, 4.69) is 48.5 Å².